The molecule has 0 saturated carbocycles. The van der Waals surface area contributed by atoms with Crippen LogP contribution in [-0.4, -0.2) is 7.32 Å². The van der Waals surface area contributed by atoms with Crippen molar-refractivity contribution in [3.05, 3.63) is 124 Å². The SMILES string of the molecule is Fc1cc(F)c2c(F)ccc(OB(Oc3c(F)c(F)c(F)c(F)c3F)Oc3c(F)c(F)c4c(F)c(F)c5c(F)ccc6ccc3c4c65)c2c1. The predicted molar refractivity (Wildman–Crippen MR) is 148 cm³/mol. The molecule has 0 bridgehead atoms. The van der Waals surface area contributed by atoms with Crippen molar-refractivity contribution in [3.8, 4) is 17.2 Å². The maximum absolute atomic E-state index is 15.7. The molecule has 0 N–H and O–H groups in total. The lowest BCUT2D eigenvalue weighted by Crippen LogP contribution is -2.38. The normalized spacial score (nSPS) is 11.8. The molecule has 17 heteroatoms. The van der Waals surface area contributed by atoms with Gasteiger partial charge in [-0.1, -0.05) is 12.1 Å². The molecule has 0 atom stereocenters. The highest BCUT2D eigenvalue weighted by Crippen LogP contribution is 2.45. The standard InChI is InChI=1S/C32H8BF13O3/c34-10-7-12-16(6-5-13(35)18(12)15(37)8-10)47-33(49-32-29(45)26(42)25(41)27(43)30(32)46)48-31-11-3-1-9-2-4-14(36)20-17(9)19(11)21(23(39)22(20)38)24(40)28(31)44/h1-8H. The first-order valence-electron chi connectivity index (χ1n) is 13.4. The van der Waals surface area contributed by atoms with E-state index in [4.69, 9.17) is 14.0 Å². The molecule has 248 valence electrons. The number of halogens is 13. The van der Waals surface area contributed by atoms with Crippen LogP contribution < -0.4 is 14.0 Å². The molecule has 49 heavy (non-hydrogen) atoms. The van der Waals surface area contributed by atoms with Crippen molar-refractivity contribution in [1.82, 2.24) is 0 Å². The van der Waals surface area contributed by atoms with Crippen molar-refractivity contribution in [2.75, 3.05) is 0 Å². The Morgan fingerprint density at radius 2 is 0.898 bits per heavy atom. The van der Waals surface area contributed by atoms with Gasteiger partial charge in [0.05, 0.1) is 16.2 Å². The summed E-state index contributed by atoms with van der Waals surface area (Å²) in [5.41, 5.74) is 0. The van der Waals surface area contributed by atoms with Gasteiger partial charge in [-0.05, 0) is 35.7 Å². The highest BCUT2D eigenvalue weighted by atomic mass is 19.2. The third-order valence-corrected chi connectivity index (χ3v) is 7.63. The van der Waals surface area contributed by atoms with Crippen molar-refractivity contribution in [3.63, 3.8) is 0 Å². The fourth-order valence-electron chi connectivity index (χ4n) is 5.53. The van der Waals surface area contributed by atoms with E-state index in [1.54, 1.807) is 0 Å². The summed E-state index contributed by atoms with van der Waals surface area (Å²) in [4.78, 5) is 0. The minimum absolute atomic E-state index is 0.0166. The van der Waals surface area contributed by atoms with Crippen LogP contribution in [0.1, 0.15) is 0 Å². The first kappa shape index (κ1) is 32.0. The van der Waals surface area contributed by atoms with Crippen LogP contribution in [0.3, 0.4) is 0 Å². The zero-order chi connectivity index (χ0) is 35.2. The van der Waals surface area contributed by atoms with Gasteiger partial charge in [0.1, 0.15) is 29.0 Å². The molecular formula is C32H8BF13O3. The van der Waals surface area contributed by atoms with Gasteiger partial charge in [-0.15, -0.1) is 0 Å². The molecule has 0 radical (unpaired) electrons. The van der Waals surface area contributed by atoms with E-state index in [9.17, 15) is 43.9 Å². The lowest BCUT2D eigenvalue weighted by atomic mass is 9.92. The quantitative estimate of drug-likeness (QED) is 0.0569. The van der Waals surface area contributed by atoms with Crippen LogP contribution in [0.4, 0.5) is 57.1 Å². The van der Waals surface area contributed by atoms with Gasteiger partial charge in [0.15, 0.2) is 34.8 Å². The molecule has 3 nitrogen and oxygen atoms in total. The molecule has 0 aliphatic heterocycles. The summed E-state index contributed by atoms with van der Waals surface area (Å²) < 4.78 is 206. The third kappa shape index (κ3) is 4.69. The zero-order valence-electron chi connectivity index (χ0n) is 23.3. The zero-order valence-corrected chi connectivity index (χ0v) is 23.3. The van der Waals surface area contributed by atoms with Crippen LogP contribution >= 0.6 is 0 Å². The van der Waals surface area contributed by atoms with Gasteiger partial charge in [0.25, 0.3) is 0 Å². The Morgan fingerprint density at radius 1 is 0.367 bits per heavy atom. The Labute approximate surface area is 263 Å². The lowest BCUT2D eigenvalue weighted by molar-refractivity contribution is 0.274. The number of hydrogen-bond acceptors (Lipinski definition) is 3. The second kappa shape index (κ2) is 11.2. The summed E-state index contributed by atoms with van der Waals surface area (Å²) in [6, 6.07) is 5.84. The maximum atomic E-state index is 15.7. The Bertz CT molecular complexity index is 2510. The molecule has 7 rings (SSSR count). The Kier molecular flexibility index (Phi) is 7.33. The molecule has 0 aliphatic carbocycles. The number of hydrogen-bond donors (Lipinski definition) is 0. The van der Waals surface area contributed by atoms with Crippen LogP contribution in [0.5, 0.6) is 17.2 Å². The van der Waals surface area contributed by atoms with Gasteiger partial charge in [-0.3, -0.25) is 0 Å². The number of fused-ring (bicyclic) bond motifs is 1. The molecule has 0 aliphatic rings. The molecule has 0 fully saturated rings. The molecular weight excluding hydrogens is 690 g/mol. The van der Waals surface area contributed by atoms with Gasteiger partial charge in [0, 0.05) is 27.6 Å². The number of rotatable bonds is 6. The van der Waals surface area contributed by atoms with E-state index >= 15 is 13.2 Å². The molecule has 0 unspecified atom stereocenters. The van der Waals surface area contributed by atoms with E-state index in [1.807, 2.05) is 0 Å². The molecule has 0 aromatic heterocycles. The average molecular weight is 698 g/mol. The van der Waals surface area contributed by atoms with Crippen molar-refractivity contribution >= 4 is 50.4 Å². The number of benzene rings is 7. The van der Waals surface area contributed by atoms with E-state index in [1.165, 1.54) is 0 Å². The fourth-order valence-corrected chi connectivity index (χ4v) is 5.53. The Balaban J connectivity index is 1.48. The minimum atomic E-state index is -3.00. The highest BCUT2D eigenvalue weighted by molar-refractivity contribution is 6.40. The molecule has 0 saturated heterocycles. The summed E-state index contributed by atoms with van der Waals surface area (Å²) in [7, 11) is -3.00. The van der Waals surface area contributed by atoms with Gasteiger partial charge < -0.3 is 14.0 Å². The van der Waals surface area contributed by atoms with Crippen molar-refractivity contribution in [2.24, 2.45) is 0 Å². The monoisotopic (exact) mass is 698 g/mol. The van der Waals surface area contributed by atoms with E-state index in [0.29, 0.717) is 18.2 Å². The molecule has 7 aromatic rings. The summed E-state index contributed by atoms with van der Waals surface area (Å²) in [5.74, 6) is -30.9. The Morgan fingerprint density at radius 3 is 1.59 bits per heavy atom. The third-order valence-electron chi connectivity index (χ3n) is 7.63. The topological polar surface area (TPSA) is 27.7 Å². The van der Waals surface area contributed by atoms with E-state index in [0.717, 1.165) is 24.3 Å². The van der Waals surface area contributed by atoms with Crippen LogP contribution in [0.2, 0.25) is 0 Å². The van der Waals surface area contributed by atoms with Gasteiger partial charge in [0.2, 0.25) is 29.1 Å². The van der Waals surface area contributed by atoms with Crippen molar-refractivity contribution in [1.29, 1.82) is 0 Å². The minimum Gasteiger partial charge on any atom is -0.489 e. The van der Waals surface area contributed by atoms with E-state index in [-0.39, 0.29) is 11.5 Å². The summed E-state index contributed by atoms with van der Waals surface area (Å²) in [5, 5.41) is -5.89. The maximum Gasteiger partial charge on any atom is 0.864 e. The second-order valence-electron chi connectivity index (χ2n) is 10.4. The molecule has 0 spiro atoms. The average Bonchev–Trinajstić information content (AvgIpc) is 3.06. The first-order valence-corrected chi connectivity index (χ1v) is 13.4. The second-order valence-corrected chi connectivity index (χ2v) is 10.4. The van der Waals surface area contributed by atoms with Crippen molar-refractivity contribution < 1.29 is 71.0 Å². The summed E-state index contributed by atoms with van der Waals surface area (Å²) >= 11 is 0. The Hall–Kier alpha value is -5.61. The fraction of sp³-hybridized carbons (Fsp3) is 0. The largest absolute Gasteiger partial charge is 0.864 e. The van der Waals surface area contributed by atoms with Crippen LogP contribution in [0.25, 0.3) is 43.1 Å². The summed E-state index contributed by atoms with van der Waals surface area (Å²) in [6.07, 6.45) is 0. The van der Waals surface area contributed by atoms with Gasteiger partial charge >= 0.3 is 7.32 Å². The van der Waals surface area contributed by atoms with Crippen molar-refractivity contribution in [2.45, 2.75) is 0 Å². The molecule has 0 heterocycles. The first-order chi connectivity index (χ1) is 23.2. The van der Waals surface area contributed by atoms with E-state index < -0.39 is 138 Å². The lowest BCUT2D eigenvalue weighted by Gasteiger charge is -2.21. The smallest absolute Gasteiger partial charge is 0.489 e. The highest BCUT2D eigenvalue weighted by Gasteiger charge is 2.39. The van der Waals surface area contributed by atoms with Crippen LogP contribution in [0.15, 0.2) is 48.5 Å². The predicted octanol–water partition coefficient (Wildman–Crippen LogP) is 10.1. The summed E-state index contributed by atoms with van der Waals surface area (Å²) in [6.45, 7) is 0. The van der Waals surface area contributed by atoms with Crippen LogP contribution in [0, 0.1) is 75.6 Å². The van der Waals surface area contributed by atoms with Gasteiger partial charge in [-0.2, -0.15) is 13.2 Å². The molecule has 7 aromatic carbocycles. The van der Waals surface area contributed by atoms with Crippen LogP contribution in [-0.2, 0) is 0 Å². The van der Waals surface area contributed by atoms with Gasteiger partial charge in [-0.25, -0.2) is 43.9 Å². The molecule has 0 amide bonds. The van der Waals surface area contributed by atoms with E-state index in [2.05, 4.69) is 0 Å².